The van der Waals surface area contributed by atoms with Crippen molar-refractivity contribution in [2.24, 2.45) is 7.05 Å². The molecule has 1 aromatic heterocycles. The van der Waals surface area contributed by atoms with E-state index in [4.69, 9.17) is 4.74 Å². The van der Waals surface area contributed by atoms with Gasteiger partial charge in [0.25, 0.3) is 5.91 Å². The molecule has 0 unspecified atom stereocenters. The van der Waals surface area contributed by atoms with Gasteiger partial charge in [0.2, 0.25) is 5.43 Å². The summed E-state index contributed by atoms with van der Waals surface area (Å²) in [6.07, 6.45) is 3.66. The van der Waals surface area contributed by atoms with Crippen molar-refractivity contribution in [1.29, 1.82) is 0 Å². The van der Waals surface area contributed by atoms with Crippen molar-refractivity contribution >= 4 is 16.8 Å². The number of hydrogen-bond acceptors (Lipinski definition) is 3. The molecule has 1 amide bonds. The van der Waals surface area contributed by atoms with E-state index in [1.165, 1.54) is 0 Å². The topological polar surface area (TPSA) is 51.5 Å². The first-order valence-electron chi connectivity index (χ1n) is 7.67. The largest absolute Gasteiger partial charge is 0.494 e. The summed E-state index contributed by atoms with van der Waals surface area (Å²) in [5.74, 6) is 0.486. The van der Waals surface area contributed by atoms with E-state index < -0.39 is 0 Å². The number of aromatic nitrogens is 1. The Morgan fingerprint density at radius 3 is 2.68 bits per heavy atom. The van der Waals surface area contributed by atoms with E-state index in [9.17, 15) is 9.59 Å². The number of carbonyl (C=O) groups is 1. The summed E-state index contributed by atoms with van der Waals surface area (Å²) in [6.45, 7) is 3.91. The molecule has 1 aliphatic heterocycles. The predicted molar refractivity (Wildman–Crippen MR) is 85.5 cm³/mol. The van der Waals surface area contributed by atoms with Crippen LogP contribution in [0.3, 0.4) is 0 Å². The van der Waals surface area contributed by atoms with Crippen LogP contribution < -0.4 is 10.2 Å². The van der Waals surface area contributed by atoms with Crippen LogP contribution in [0.15, 0.2) is 29.2 Å². The lowest BCUT2D eigenvalue weighted by atomic mass is 10.1. The van der Waals surface area contributed by atoms with E-state index in [2.05, 4.69) is 0 Å². The minimum absolute atomic E-state index is 0.165. The van der Waals surface area contributed by atoms with E-state index in [0.717, 1.165) is 31.4 Å². The van der Waals surface area contributed by atoms with Gasteiger partial charge in [-0.2, -0.15) is 0 Å². The highest BCUT2D eigenvalue weighted by atomic mass is 16.5. The molecule has 1 fully saturated rings. The maximum absolute atomic E-state index is 12.7. The Hall–Kier alpha value is -2.30. The van der Waals surface area contributed by atoms with Gasteiger partial charge in [-0.1, -0.05) is 0 Å². The van der Waals surface area contributed by atoms with Gasteiger partial charge >= 0.3 is 0 Å². The molecule has 1 saturated heterocycles. The minimum atomic E-state index is -0.216. The Balaban J connectivity index is 2.13. The minimum Gasteiger partial charge on any atom is -0.494 e. The van der Waals surface area contributed by atoms with Crippen molar-refractivity contribution in [3.05, 3.63) is 40.2 Å². The number of hydrogen-bond donors (Lipinski definition) is 0. The molecule has 2 heterocycles. The third kappa shape index (κ3) is 2.47. The number of aryl methyl sites for hydroxylation is 1. The van der Waals surface area contributed by atoms with Crippen LogP contribution in [0.5, 0.6) is 5.75 Å². The summed E-state index contributed by atoms with van der Waals surface area (Å²) in [5, 5.41) is 0.526. The number of amides is 1. The van der Waals surface area contributed by atoms with Crippen molar-refractivity contribution in [2.45, 2.75) is 19.8 Å². The Morgan fingerprint density at radius 2 is 2.00 bits per heavy atom. The number of fused-ring (bicyclic) bond motifs is 1. The number of likely N-dealkylation sites (tertiary alicyclic amines) is 1. The van der Waals surface area contributed by atoms with E-state index >= 15 is 0 Å². The molecule has 5 heteroatoms. The maximum Gasteiger partial charge on any atom is 0.259 e. The number of pyridine rings is 1. The lowest BCUT2D eigenvalue weighted by Gasteiger charge is -2.16. The molecule has 1 aliphatic rings. The molecule has 0 atom stereocenters. The van der Waals surface area contributed by atoms with Gasteiger partial charge in [-0.25, -0.2) is 0 Å². The van der Waals surface area contributed by atoms with Crippen LogP contribution in [0.25, 0.3) is 10.9 Å². The van der Waals surface area contributed by atoms with Crippen LogP contribution in [0.4, 0.5) is 0 Å². The Kier molecular flexibility index (Phi) is 3.88. The molecular weight excluding hydrogens is 280 g/mol. The van der Waals surface area contributed by atoms with Crippen LogP contribution in [0, 0.1) is 0 Å². The fourth-order valence-corrected chi connectivity index (χ4v) is 2.97. The average Bonchev–Trinajstić information content (AvgIpc) is 3.05. The zero-order chi connectivity index (χ0) is 15.7. The van der Waals surface area contributed by atoms with Crippen LogP contribution >= 0.6 is 0 Å². The summed E-state index contributed by atoms with van der Waals surface area (Å²) in [4.78, 5) is 27.0. The number of ether oxygens (including phenoxy) is 1. The molecule has 0 spiro atoms. The first-order chi connectivity index (χ1) is 10.6. The molecule has 1 aromatic carbocycles. The van der Waals surface area contributed by atoms with Crippen molar-refractivity contribution in [3.8, 4) is 5.75 Å². The number of rotatable bonds is 3. The van der Waals surface area contributed by atoms with Gasteiger partial charge < -0.3 is 14.2 Å². The van der Waals surface area contributed by atoms with Gasteiger partial charge in [0, 0.05) is 26.3 Å². The van der Waals surface area contributed by atoms with Crippen molar-refractivity contribution in [2.75, 3.05) is 19.7 Å². The molecule has 0 aliphatic carbocycles. The third-order valence-electron chi connectivity index (χ3n) is 4.09. The Morgan fingerprint density at radius 1 is 1.27 bits per heavy atom. The summed E-state index contributed by atoms with van der Waals surface area (Å²) < 4.78 is 7.29. The molecule has 3 rings (SSSR count). The van der Waals surface area contributed by atoms with Gasteiger partial charge in [-0.15, -0.1) is 0 Å². The highest BCUT2D eigenvalue weighted by Crippen LogP contribution is 2.20. The maximum atomic E-state index is 12.7. The molecule has 22 heavy (non-hydrogen) atoms. The van der Waals surface area contributed by atoms with E-state index in [1.807, 2.05) is 30.7 Å². The van der Waals surface area contributed by atoms with Crippen LogP contribution in [0.2, 0.25) is 0 Å². The van der Waals surface area contributed by atoms with Crippen LogP contribution in [-0.2, 0) is 7.05 Å². The summed E-state index contributed by atoms with van der Waals surface area (Å²) in [7, 11) is 1.85. The molecule has 0 saturated carbocycles. The zero-order valence-corrected chi connectivity index (χ0v) is 13.0. The molecule has 5 nitrogen and oxygen atoms in total. The second-order valence-corrected chi connectivity index (χ2v) is 5.59. The third-order valence-corrected chi connectivity index (χ3v) is 4.09. The van der Waals surface area contributed by atoms with Crippen LogP contribution in [-0.4, -0.2) is 35.1 Å². The van der Waals surface area contributed by atoms with E-state index in [0.29, 0.717) is 17.7 Å². The van der Waals surface area contributed by atoms with Crippen LogP contribution in [0.1, 0.15) is 30.1 Å². The van der Waals surface area contributed by atoms with E-state index in [1.54, 1.807) is 17.2 Å². The van der Waals surface area contributed by atoms with Crippen molar-refractivity contribution in [1.82, 2.24) is 9.47 Å². The Bertz CT molecular complexity index is 773. The molecular formula is C17H20N2O3. The highest BCUT2D eigenvalue weighted by molar-refractivity contribution is 5.97. The molecule has 0 N–H and O–H groups in total. The highest BCUT2D eigenvalue weighted by Gasteiger charge is 2.23. The van der Waals surface area contributed by atoms with Gasteiger partial charge in [-0.05, 0) is 38.0 Å². The fourth-order valence-electron chi connectivity index (χ4n) is 2.97. The van der Waals surface area contributed by atoms with Crippen molar-refractivity contribution < 1.29 is 9.53 Å². The SMILES string of the molecule is CCOc1ccc2c(c1)c(=O)c(C(=O)N1CCCC1)cn2C. The van der Waals surface area contributed by atoms with E-state index in [-0.39, 0.29) is 16.9 Å². The van der Waals surface area contributed by atoms with Gasteiger partial charge in [0.1, 0.15) is 11.3 Å². The number of benzene rings is 1. The lowest BCUT2D eigenvalue weighted by molar-refractivity contribution is 0.0791. The van der Waals surface area contributed by atoms with Gasteiger partial charge in [-0.3, -0.25) is 9.59 Å². The Labute approximate surface area is 129 Å². The molecule has 2 aromatic rings. The first kappa shape index (κ1) is 14.6. The molecule has 116 valence electrons. The summed E-state index contributed by atoms with van der Waals surface area (Å²) >= 11 is 0. The molecule has 0 radical (unpaired) electrons. The second kappa shape index (κ2) is 5.83. The lowest BCUT2D eigenvalue weighted by Crippen LogP contribution is -2.32. The summed E-state index contributed by atoms with van der Waals surface area (Å²) in [6, 6.07) is 5.42. The standard InChI is InChI=1S/C17H20N2O3/c1-3-22-12-6-7-15-13(10-12)16(20)14(11-18(15)2)17(21)19-8-4-5-9-19/h6-7,10-11H,3-5,8-9H2,1-2H3. The zero-order valence-electron chi connectivity index (χ0n) is 13.0. The predicted octanol–water partition coefficient (Wildman–Crippen LogP) is 2.17. The smallest absolute Gasteiger partial charge is 0.259 e. The normalized spacial score (nSPS) is 14.5. The second-order valence-electron chi connectivity index (χ2n) is 5.59. The summed E-state index contributed by atoms with van der Waals surface area (Å²) in [5.41, 5.74) is 0.823. The molecule has 0 bridgehead atoms. The first-order valence-corrected chi connectivity index (χ1v) is 7.67. The number of nitrogens with zero attached hydrogens (tertiary/aromatic N) is 2. The average molecular weight is 300 g/mol. The monoisotopic (exact) mass is 300 g/mol. The quantitative estimate of drug-likeness (QED) is 0.873. The van der Waals surface area contributed by atoms with Crippen molar-refractivity contribution in [3.63, 3.8) is 0 Å². The fraction of sp³-hybridized carbons (Fsp3) is 0.412. The van der Waals surface area contributed by atoms with Gasteiger partial charge in [0.15, 0.2) is 0 Å². The number of carbonyl (C=O) groups excluding carboxylic acids is 1. The van der Waals surface area contributed by atoms with Gasteiger partial charge in [0.05, 0.1) is 17.5 Å².